The number of rotatable bonds is 17. The highest BCUT2D eigenvalue weighted by Gasteiger charge is 2.47. The van der Waals surface area contributed by atoms with Crippen LogP contribution in [0.4, 0.5) is 4.79 Å². The lowest BCUT2D eigenvalue weighted by atomic mass is 9.83. The highest BCUT2D eigenvalue weighted by Crippen LogP contribution is 2.25. The number of benzene rings is 4. The topological polar surface area (TPSA) is 125 Å². The number of hydrogen-bond acceptors (Lipinski definition) is 5. The molecular formula is C42H49N3O6. The second-order valence-corrected chi connectivity index (χ2v) is 13.5. The van der Waals surface area contributed by atoms with E-state index in [1.54, 1.807) is 6.92 Å². The van der Waals surface area contributed by atoms with E-state index in [-0.39, 0.29) is 32.0 Å². The number of aryl methyl sites for hydroxylation is 1. The predicted octanol–water partition coefficient (Wildman–Crippen LogP) is 6.90. The van der Waals surface area contributed by atoms with Gasteiger partial charge in [-0.15, -0.1) is 0 Å². The molecule has 51 heavy (non-hydrogen) atoms. The molecule has 0 bridgehead atoms. The minimum absolute atomic E-state index is 0.00314. The quantitative estimate of drug-likeness (QED) is 0.104. The Morgan fingerprint density at radius 2 is 1.27 bits per heavy atom. The van der Waals surface area contributed by atoms with Crippen molar-refractivity contribution in [1.82, 2.24) is 15.5 Å². The van der Waals surface area contributed by atoms with Crippen molar-refractivity contribution >= 4 is 23.9 Å². The number of carbonyl (C=O) groups excluding carboxylic acids is 3. The standard InChI is InChI=1S/C42H49N3O6/c1-30(2)27-45(28-38(25-20-33-14-8-5-9-15-33)39(47)51-29-35-16-10-6-11-17-35)41(50)44-42(40(48)49,31(3)43-32(4)46)26-34-21-23-37(24-22-34)36-18-12-7-13-19-36/h5-19,21-24,30-31,38H,20,25-29H2,1-4H3,(H,43,46)(H,44,50)(H,48,49)/t31?,38?,42-/m0/s1. The largest absolute Gasteiger partial charge is 0.479 e. The van der Waals surface area contributed by atoms with Gasteiger partial charge in [-0.05, 0) is 53.5 Å². The van der Waals surface area contributed by atoms with Crippen molar-refractivity contribution in [2.24, 2.45) is 11.8 Å². The number of amides is 3. The molecule has 3 amide bonds. The first-order valence-corrected chi connectivity index (χ1v) is 17.4. The Bertz CT molecular complexity index is 1710. The number of carbonyl (C=O) groups is 4. The smallest absolute Gasteiger partial charge is 0.331 e. The molecule has 9 nitrogen and oxygen atoms in total. The number of esters is 1. The number of aliphatic carboxylic acids is 1. The second-order valence-electron chi connectivity index (χ2n) is 13.5. The Hall–Kier alpha value is -5.44. The van der Waals surface area contributed by atoms with Gasteiger partial charge >= 0.3 is 18.0 Å². The van der Waals surface area contributed by atoms with E-state index < -0.39 is 41.4 Å². The van der Waals surface area contributed by atoms with Crippen molar-refractivity contribution in [3.63, 3.8) is 0 Å². The minimum Gasteiger partial charge on any atom is -0.479 e. The zero-order valence-electron chi connectivity index (χ0n) is 29.9. The Morgan fingerprint density at radius 1 is 0.725 bits per heavy atom. The summed E-state index contributed by atoms with van der Waals surface area (Å²) in [6, 6.07) is 34.8. The molecule has 268 valence electrons. The first-order chi connectivity index (χ1) is 24.5. The summed E-state index contributed by atoms with van der Waals surface area (Å²) >= 11 is 0. The fourth-order valence-electron chi connectivity index (χ4n) is 6.15. The molecule has 0 saturated heterocycles. The van der Waals surface area contributed by atoms with E-state index in [4.69, 9.17) is 4.74 Å². The van der Waals surface area contributed by atoms with E-state index in [0.29, 0.717) is 18.4 Å². The SMILES string of the molecule is CC(=O)NC(C)[C@](Cc1ccc(-c2ccccc2)cc1)(NC(=O)N(CC(C)C)CC(CCc1ccccc1)C(=O)OCc1ccccc1)C(=O)O. The van der Waals surface area contributed by atoms with Gasteiger partial charge in [0.05, 0.1) is 12.0 Å². The van der Waals surface area contributed by atoms with Gasteiger partial charge in [0.25, 0.3) is 0 Å². The molecule has 2 unspecified atom stereocenters. The first kappa shape index (κ1) is 38.4. The Labute approximate surface area is 301 Å². The van der Waals surface area contributed by atoms with E-state index >= 15 is 0 Å². The zero-order chi connectivity index (χ0) is 36.8. The van der Waals surface area contributed by atoms with Crippen LogP contribution in [0.15, 0.2) is 115 Å². The van der Waals surface area contributed by atoms with Crippen LogP contribution in [-0.4, -0.2) is 58.6 Å². The van der Waals surface area contributed by atoms with Crippen molar-refractivity contribution < 1.29 is 29.0 Å². The molecule has 0 aliphatic heterocycles. The van der Waals surface area contributed by atoms with Gasteiger partial charge in [-0.2, -0.15) is 0 Å². The Balaban J connectivity index is 1.62. The molecule has 0 aliphatic carbocycles. The van der Waals surface area contributed by atoms with E-state index in [9.17, 15) is 24.3 Å². The van der Waals surface area contributed by atoms with Crippen LogP contribution in [0.3, 0.4) is 0 Å². The van der Waals surface area contributed by atoms with E-state index in [2.05, 4.69) is 10.6 Å². The third-order valence-electron chi connectivity index (χ3n) is 8.91. The van der Waals surface area contributed by atoms with Crippen LogP contribution in [-0.2, 0) is 38.6 Å². The van der Waals surface area contributed by atoms with Crippen LogP contribution < -0.4 is 10.6 Å². The lowest BCUT2D eigenvalue weighted by molar-refractivity contribution is -0.151. The van der Waals surface area contributed by atoms with Crippen molar-refractivity contribution in [2.45, 2.75) is 65.1 Å². The fourth-order valence-corrected chi connectivity index (χ4v) is 6.15. The van der Waals surface area contributed by atoms with Gasteiger partial charge in [-0.25, -0.2) is 9.59 Å². The summed E-state index contributed by atoms with van der Waals surface area (Å²) in [6.07, 6.45) is 0.900. The van der Waals surface area contributed by atoms with Gasteiger partial charge in [0.15, 0.2) is 5.54 Å². The van der Waals surface area contributed by atoms with Gasteiger partial charge in [0, 0.05) is 26.4 Å². The number of nitrogens with one attached hydrogen (secondary N) is 2. The molecule has 9 heteroatoms. The summed E-state index contributed by atoms with van der Waals surface area (Å²) in [7, 11) is 0. The average Bonchev–Trinajstić information content (AvgIpc) is 3.12. The van der Waals surface area contributed by atoms with E-state index in [0.717, 1.165) is 22.3 Å². The summed E-state index contributed by atoms with van der Waals surface area (Å²) in [5, 5.41) is 16.4. The molecule has 0 radical (unpaired) electrons. The van der Waals surface area contributed by atoms with Crippen molar-refractivity contribution in [3.8, 4) is 11.1 Å². The van der Waals surface area contributed by atoms with Crippen LogP contribution in [0.5, 0.6) is 0 Å². The highest BCUT2D eigenvalue weighted by atomic mass is 16.5. The average molecular weight is 692 g/mol. The molecular weight excluding hydrogens is 642 g/mol. The lowest BCUT2D eigenvalue weighted by Gasteiger charge is -2.39. The van der Waals surface area contributed by atoms with Crippen molar-refractivity contribution in [2.75, 3.05) is 13.1 Å². The molecule has 0 heterocycles. The van der Waals surface area contributed by atoms with Gasteiger partial charge in [0.1, 0.15) is 6.61 Å². The Morgan fingerprint density at radius 3 is 1.82 bits per heavy atom. The number of carboxylic acids is 1. The number of urea groups is 1. The molecule has 3 atom stereocenters. The molecule has 0 fully saturated rings. The van der Waals surface area contributed by atoms with Crippen LogP contribution in [0.1, 0.15) is 50.8 Å². The third-order valence-corrected chi connectivity index (χ3v) is 8.91. The summed E-state index contributed by atoms with van der Waals surface area (Å²) in [6.45, 7) is 7.15. The molecule has 0 aliphatic rings. The van der Waals surface area contributed by atoms with Gasteiger partial charge < -0.3 is 25.4 Å². The third kappa shape index (κ3) is 11.3. The molecule has 0 spiro atoms. The van der Waals surface area contributed by atoms with E-state index in [1.165, 1.54) is 11.8 Å². The monoisotopic (exact) mass is 691 g/mol. The van der Waals surface area contributed by atoms with Crippen molar-refractivity contribution in [1.29, 1.82) is 0 Å². The Kier molecular flexibility index (Phi) is 13.9. The molecule has 3 N–H and O–H groups in total. The summed E-state index contributed by atoms with van der Waals surface area (Å²) in [5.41, 5.74) is 2.62. The summed E-state index contributed by atoms with van der Waals surface area (Å²) in [5.74, 6) is -2.84. The highest BCUT2D eigenvalue weighted by molar-refractivity contribution is 5.89. The molecule has 4 aromatic carbocycles. The van der Waals surface area contributed by atoms with Crippen molar-refractivity contribution in [3.05, 3.63) is 132 Å². The van der Waals surface area contributed by atoms with Gasteiger partial charge in [-0.1, -0.05) is 129 Å². The first-order valence-electron chi connectivity index (χ1n) is 17.4. The van der Waals surface area contributed by atoms with Gasteiger partial charge in [0.2, 0.25) is 5.91 Å². The van der Waals surface area contributed by atoms with Gasteiger partial charge in [-0.3, -0.25) is 9.59 Å². The number of hydrogen-bond donors (Lipinski definition) is 3. The molecule has 0 aromatic heterocycles. The molecule has 4 rings (SSSR count). The fraction of sp³-hybridized carbons (Fsp3) is 0.333. The maximum Gasteiger partial charge on any atom is 0.331 e. The molecule has 0 saturated carbocycles. The summed E-state index contributed by atoms with van der Waals surface area (Å²) in [4.78, 5) is 55.0. The minimum atomic E-state index is -1.92. The van der Waals surface area contributed by atoms with Crippen LogP contribution >= 0.6 is 0 Å². The van der Waals surface area contributed by atoms with Crippen LogP contribution in [0, 0.1) is 11.8 Å². The predicted molar refractivity (Wildman–Crippen MR) is 199 cm³/mol. The number of carboxylic acid groups (broad SMARTS) is 1. The molecule has 4 aromatic rings. The number of ether oxygens (including phenoxy) is 1. The van der Waals surface area contributed by atoms with E-state index in [1.807, 2.05) is 129 Å². The maximum atomic E-state index is 14.3. The lowest BCUT2D eigenvalue weighted by Crippen LogP contribution is -2.68. The number of nitrogens with zero attached hydrogens (tertiary/aromatic N) is 1. The normalized spacial score (nSPS) is 13.4. The second kappa shape index (κ2) is 18.5. The zero-order valence-corrected chi connectivity index (χ0v) is 29.9. The summed E-state index contributed by atoms with van der Waals surface area (Å²) < 4.78 is 5.77. The van der Waals surface area contributed by atoms with Crippen LogP contribution in [0.25, 0.3) is 11.1 Å². The maximum absolute atomic E-state index is 14.3. The van der Waals surface area contributed by atoms with Crippen LogP contribution in [0.2, 0.25) is 0 Å².